The Kier molecular flexibility index (Phi) is 5.22. The summed E-state index contributed by atoms with van der Waals surface area (Å²) in [6.45, 7) is 0. The fourth-order valence-electron chi connectivity index (χ4n) is 2.62. The molecule has 2 rings (SSSR count). The Morgan fingerprint density at radius 1 is 1.24 bits per heavy atom. The monoisotopic (exact) mass is 355 g/mol. The summed E-state index contributed by atoms with van der Waals surface area (Å²) in [7, 11) is 1.55. The molecule has 0 aromatic heterocycles. The minimum atomic E-state index is -0.762. The topological polar surface area (TPSA) is 75.6 Å². The first-order valence-electron chi connectivity index (χ1n) is 6.88. The molecule has 1 amide bonds. The van der Waals surface area contributed by atoms with E-state index in [9.17, 15) is 9.59 Å². The van der Waals surface area contributed by atoms with Gasteiger partial charge in [0.05, 0.1) is 18.7 Å². The first-order valence-corrected chi connectivity index (χ1v) is 7.67. The highest BCUT2D eigenvalue weighted by Crippen LogP contribution is 2.32. The molecule has 1 saturated carbocycles. The molecule has 0 spiro atoms. The standard InChI is InChI=1S/C15H18BrNO4/c1-21-13-7-6-11(16)8-12(13)17-14(18)9-2-4-10(5-3-9)15(19)20/h6-10H,2-5H2,1H3,(H,17,18)(H,19,20). The van der Waals surface area contributed by atoms with Crippen molar-refractivity contribution in [2.75, 3.05) is 12.4 Å². The molecule has 0 unspecified atom stereocenters. The SMILES string of the molecule is COc1ccc(Br)cc1NC(=O)C1CCC(C(=O)O)CC1. The smallest absolute Gasteiger partial charge is 0.306 e. The Hall–Kier alpha value is -1.56. The van der Waals surface area contributed by atoms with Crippen molar-refractivity contribution in [3.63, 3.8) is 0 Å². The summed E-state index contributed by atoms with van der Waals surface area (Å²) >= 11 is 3.36. The highest BCUT2D eigenvalue weighted by molar-refractivity contribution is 9.10. The van der Waals surface area contributed by atoms with Gasteiger partial charge < -0.3 is 15.2 Å². The molecule has 0 atom stereocenters. The van der Waals surface area contributed by atoms with Crippen LogP contribution in [0, 0.1) is 11.8 Å². The van der Waals surface area contributed by atoms with Gasteiger partial charge in [0.2, 0.25) is 5.91 Å². The zero-order chi connectivity index (χ0) is 15.4. The van der Waals surface area contributed by atoms with Gasteiger partial charge in [-0.15, -0.1) is 0 Å². The van der Waals surface area contributed by atoms with Crippen LogP contribution < -0.4 is 10.1 Å². The van der Waals surface area contributed by atoms with E-state index in [0.717, 1.165) is 4.47 Å². The van der Waals surface area contributed by atoms with Gasteiger partial charge in [-0.3, -0.25) is 9.59 Å². The zero-order valence-electron chi connectivity index (χ0n) is 11.8. The third-order valence-corrected chi connectivity index (χ3v) is 4.36. The molecule has 6 heteroatoms. The molecule has 1 aliphatic rings. The Labute approximate surface area is 131 Å². The molecule has 0 radical (unpaired) electrons. The van der Waals surface area contributed by atoms with Gasteiger partial charge in [0, 0.05) is 10.4 Å². The van der Waals surface area contributed by atoms with Gasteiger partial charge in [-0.05, 0) is 43.9 Å². The normalized spacial score (nSPS) is 21.6. The second-order valence-electron chi connectivity index (χ2n) is 5.22. The average molecular weight is 356 g/mol. The molecule has 114 valence electrons. The average Bonchev–Trinajstić information content (AvgIpc) is 2.47. The molecule has 0 saturated heterocycles. The third-order valence-electron chi connectivity index (χ3n) is 3.87. The van der Waals surface area contributed by atoms with Gasteiger partial charge in [0.1, 0.15) is 5.75 Å². The number of carboxylic acids is 1. The molecular formula is C15H18BrNO4. The number of aliphatic carboxylic acids is 1. The van der Waals surface area contributed by atoms with E-state index in [1.807, 2.05) is 6.07 Å². The zero-order valence-corrected chi connectivity index (χ0v) is 13.4. The number of carbonyl (C=O) groups excluding carboxylic acids is 1. The molecule has 1 fully saturated rings. The van der Waals surface area contributed by atoms with Crippen molar-refractivity contribution < 1.29 is 19.4 Å². The Morgan fingerprint density at radius 3 is 2.43 bits per heavy atom. The van der Waals surface area contributed by atoms with Crippen molar-refractivity contribution in [3.05, 3.63) is 22.7 Å². The van der Waals surface area contributed by atoms with Crippen LogP contribution in [0.5, 0.6) is 5.75 Å². The second kappa shape index (κ2) is 6.93. The van der Waals surface area contributed by atoms with E-state index in [1.165, 1.54) is 0 Å². The van der Waals surface area contributed by atoms with E-state index in [-0.39, 0.29) is 17.7 Å². The van der Waals surface area contributed by atoms with Crippen LogP contribution in [-0.2, 0) is 9.59 Å². The van der Waals surface area contributed by atoms with Gasteiger partial charge in [0.15, 0.2) is 0 Å². The van der Waals surface area contributed by atoms with Crippen LogP contribution in [0.4, 0.5) is 5.69 Å². The largest absolute Gasteiger partial charge is 0.495 e. The third kappa shape index (κ3) is 3.97. The maximum atomic E-state index is 12.3. The minimum Gasteiger partial charge on any atom is -0.495 e. The van der Waals surface area contributed by atoms with Crippen LogP contribution >= 0.6 is 15.9 Å². The molecular weight excluding hydrogens is 338 g/mol. The van der Waals surface area contributed by atoms with Crippen LogP contribution in [0.25, 0.3) is 0 Å². The predicted octanol–water partition coefficient (Wildman–Crippen LogP) is 3.29. The number of hydrogen-bond acceptors (Lipinski definition) is 3. The van der Waals surface area contributed by atoms with Gasteiger partial charge in [-0.2, -0.15) is 0 Å². The fraction of sp³-hybridized carbons (Fsp3) is 0.467. The van der Waals surface area contributed by atoms with E-state index in [1.54, 1.807) is 19.2 Å². The number of anilines is 1. The molecule has 2 N–H and O–H groups in total. The number of benzene rings is 1. The number of rotatable bonds is 4. The maximum absolute atomic E-state index is 12.3. The van der Waals surface area contributed by atoms with E-state index < -0.39 is 5.97 Å². The van der Waals surface area contributed by atoms with Gasteiger partial charge in [0.25, 0.3) is 0 Å². The summed E-state index contributed by atoms with van der Waals surface area (Å²) in [5, 5.41) is 11.8. The molecule has 21 heavy (non-hydrogen) atoms. The minimum absolute atomic E-state index is 0.0739. The van der Waals surface area contributed by atoms with Crippen molar-refractivity contribution in [2.45, 2.75) is 25.7 Å². The van der Waals surface area contributed by atoms with E-state index in [2.05, 4.69) is 21.2 Å². The van der Waals surface area contributed by atoms with Gasteiger partial charge in [-0.1, -0.05) is 15.9 Å². The number of ether oxygens (including phenoxy) is 1. The molecule has 1 aromatic carbocycles. The van der Waals surface area contributed by atoms with Crippen molar-refractivity contribution in [1.29, 1.82) is 0 Å². The molecule has 0 aliphatic heterocycles. The van der Waals surface area contributed by atoms with Crippen molar-refractivity contribution >= 4 is 33.5 Å². The second-order valence-corrected chi connectivity index (χ2v) is 6.14. The van der Waals surface area contributed by atoms with Crippen molar-refractivity contribution in [2.24, 2.45) is 11.8 Å². The quantitative estimate of drug-likeness (QED) is 0.868. The molecule has 5 nitrogen and oxygen atoms in total. The summed E-state index contributed by atoms with van der Waals surface area (Å²) in [5.41, 5.74) is 0.622. The lowest BCUT2D eigenvalue weighted by Gasteiger charge is -2.25. The van der Waals surface area contributed by atoms with Crippen LogP contribution in [0.2, 0.25) is 0 Å². The summed E-state index contributed by atoms with van der Waals surface area (Å²) < 4.78 is 6.08. The van der Waals surface area contributed by atoms with Gasteiger partial charge >= 0.3 is 5.97 Å². The Balaban J connectivity index is 1.99. The van der Waals surface area contributed by atoms with E-state index in [4.69, 9.17) is 9.84 Å². The van der Waals surface area contributed by atoms with E-state index >= 15 is 0 Å². The number of hydrogen-bond donors (Lipinski definition) is 2. The highest BCUT2D eigenvalue weighted by Gasteiger charge is 2.30. The van der Waals surface area contributed by atoms with E-state index in [0.29, 0.717) is 37.1 Å². The molecule has 0 bridgehead atoms. The van der Waals surface area contributed by atoms with Crippen LogP contribution in [-0.4, -0.2) is 24.1 Å². The molecule has 0 heterocycles. The number of carbonyl (C=O) groups is 2. The number of carboxylic acid groups (broad SMARTS) is 1. The highest BCUT2D eigenvalue weighted by atomic mass is 79.9. The van der Waals surface area contributed by atoms with Crippen LogP contribution in [0.3, 0.4) is 0 Å². The number of halogens is 1. The summed E-state index contributed by atoms with van der Waals surface area (Å²) in [4.78, 5) is 23.2. The lowest BCUT2D eigenvalue weighted by molar-refractivity contribution is -0.143. The lowest BCUT2D eigenvalue weighted by atomic mass is 9.81. The lowest BCUT2D eigenvalue weighted by Crippen LogP contribution is -2.29. The van der Waals surface area contributed by atoms with Crippen molar-refractivity contribution in [3.8, 4) is 5.75 Å². The predicted molar refractivity (Wildman–Crippen MR) is 82.4 cm³/mol. The van der Waals surface area contributed by atoms with Gasteiger partial charge in [-0.25, -0.2) is 0 Å². The number of nitrogens with one attached hydrogen (secondary N) is 1. The summed E-state index contributed by atoms with van der Waals surface area (Å²) in [6, 6.07) is 5.41. The number of amides is 1. The molecule has 1 aromatic rings. The summed E-state index contributed by atoms with van der Waals surface area (Å²) in [6.07, 6.45) is 2.34. The Morgan fingerprint density at radius 2 is 1.86 bits per heavy atom. The number of methoxy groups -OCH3 is 1. The van der Waals surface area contributed by atoms with Crippen LogP contribution in [0.15, 0.2) is 22.7 Å². The van der Waals surface area contributed by atoms with Crippen molar-refractivity contribution in [1.82, 2.24) is 0 Å². The fourth-order valence-corrected chi connectivity index (χ4v) is 2.98. The maximum Gasteiger partial charge on any atom is 0.306 e. The first-order chi connectivity index (χ1) is 10.0. The van der Waals surface area contributed by atoms with Crippen LogP contribution in [0.1, 0.15) is 25.7 Å². The summed E-state index contributed by atoms with van der Waals surface area (Å²) in [5.74, 6) is -0.678. The Bertz CT molecular complexity index is 538. The first kappa shape index (κ1) is 15.8. The molecule has 1 aliphatic carbocycles.